The van der Waals surface area contributed by atoms with Crippen LogP contribution in [0.1, 0.15) is 5.76 Å². The number of aromatic nitrogens is 1. The summed E-state index contributed by atoms with van der Waals surface area (Å²) >= 11 is 2.53. The lowest BCUT2D eigenvalue weighted by Crippen LogP contribution is -2.21. The van der Waals surface area contributed by atoms with Gasteiger partial charge in [-0.15, -0.1) is 23.1 Å². The van der Waals surface area contributed by atoms with E-state index in [-0.39, 0.29) is 19.0 Å². The predicted molar refractivity (Wildman–Crippen MR) is 91.8 cm³/mol. The van der Waals surface area contributed by atoms with Crippen LogP contribution < -0.4 is 11.5 Å². The molecule has 2 heterocycles. The minimum Gasteiger partial charge on any atom is -0.457 e. The van der Waals surface area contributed by atoms with E-state index in [1.165, 1.54) is 23.1 Å². The fourth-order valence-corrected chi connectivity index (χ4v) is 2.72. The number of hydrogen-bond acceptors (Lipinski definition) is 8. The summed E-state index contributed by atoms with van der Waals surface area (Å²) in [5, 5.41) is 13.1. The second kappa shape index (κ2) is 7.74. The summed E-state index contributed by atoms with van der Waals surface area (Å²) in [6.07, 6.45) is 1.75. The molecule has 122 valence electrons. The van der Waals surface area contributed by atoms with Crippen molar-refractivity contribution in [2.75, 3.05) is 12.8 Å². The Morgan fingerprint density at radius 3 is 2.96 bits per heavy atom. The molecule has 0 bridgehead atoms. The number of nitrogens with zero attached hydrogens (tertiary/aromatic N) is 4. The normalized spacial score (nSPS) is 11.4. The third-order valence-corrected chi connectivity index (χ3v) is 4.01. The van der Waals surface area contributed by atoms with Crippen LogP contribution in [-0.2, 0) is 6.54 Å². The number of thiazole rings is 1. The molecule has 0 unspecified atom stereocenters. The maximum Gasteiger partial charge on any atom is 0.251 e. The second-order valence-corrected chi connectivity index (χ2v) is 5.94. The van der Waals surface area contributed by atoms with Crippen molar-refractivity contribution in [3.05, 3.63) is 33.4 Å². The largest absolute Gasteiger partial charge is 0.457 e. The number of guanidine groups is 1. The van der Waals surface area contributed by atoms with E-state index in [4.69, 9.17) is 15.9 Å². The average molecular weight is 354 g/mol. The molecule has 23 heavy (non-hydrogen) atoms. The third kappa shape index (κ3) is 5.07. The van der Waals surface area contributed by atoms with Crippen LogP contribution in [0.3, 0.4) is 0 Å². The van der Waals surface area contributed by atoms with E-state index in [0.29, 0.717) is 27.4 Å². The molecule has 0 aliphatic rings. The smallest absolute Gasteiger partial charge is 0.251 e. The zero-order valence-electron chi connectivity index (χ0n) is 12.1. The number of aliphatic imine (C=N–C) groups is 2. The van der Waals surface area contributed by atoms with Gasteiger partial charge in [0.2, 0.25) is 5.13 Å². The van der Waals surface area contributed by atoms with Gasteiger partial charge in [0.15, 0.2) is 11.7 Å². The van der Waals surface area contributed by atoms with Gasteiger partial charge in [0, 0.05) is 10.3 Å². The Bertz CT molecular complexity index is 748. The van der Waals surface area contributed by atoms with Gasteiger partial charge in [0.05, 0.1) is 6.54 Å². The van der Waals surface area contributed by atoms with Crippen LogP contribution in [0.5, 0.6) is 0 Å². The van der Waals surface area contributed by atoms with Gasteiger partial charge in [-0.2, -0.15) is 4.99 Å². The highest BCUT2D eigenvalue weighted by Gasteiger charge is 2.10. The third-order valence-electron chi connectivity index (χ3n) is 2.54. The van der Waals surface area contributed by atoms with Crippen molar-refractivity contribution in [1.29, 1.82) is 0 Å². The standard InChI is InChI=1S/C12H14N6O3S2/c1-22-10(5-18(19)20)15-4-7-2-3-9(21-7)8-6-23-12(16-8)17-11(13)14/h2-3,6H,4-5H2,1H3,(H4,13,14,16,17). The van der Waals surface area contributed by atoms with E-state index in [1.54, 1.807) is 23.8 Å². The molecule has 0 aliphatic carbocycles. The molecule has 0 amide bonds. The van der Waals surface area contributed by atoms with Gasteiger partial charge < -0.3 is 15.9 Å². The second-order valence-electron chi connectivity index (χ2n) is 4.22. The van der Waals surface area contributed by atoms with Gasteiger partial charge in [0.25, 0.3) is 6.54 Å². The van der Waals surface area contributed by atoms with Crippen molar-refractivity contribution in [3.63, 3.8) is 0 Å². The van der Waals surface area contributed by atoms with E-state index < -0.39 is 4.92 Å². The van der Waals surface area contributed by atoms with Crippen molar-refractivity contribution in [2.24, 2.45) is 21.5 Å². The highest BCUT2D eigenvalue weighted by molar-refractivity contribution is 8.13. The molecule has 0 radical (unpaired) electrons. The van der Waals surface area contributed by atoms with Crippen LogP contribution in [0.2, 0.25) is 0 Å². The van der Waals surface area contributed by atoms with E-state index in [0.717, 1.165) is 0 Å². The Balaban J connectivity index is 2.08. The molecule has 2 aromatic heterocycles. The molecular formula is C12H14N6O3S2. The topological polar surface area (TPSA) is 146 Å². The monoisotopic (exact) mass is 354 g/mol. The SMILES string of the molecule is CSC(C[N+](=O)[O-])=NCc1ccc(-c2csc(N=C(N)N)n2)o1. The molecule has 0 fully saturated rings. The minimum absolute atomic E-state index is 0.0595. The quantitative estimate of drug-likeness (QED) is 0.348. The number of rotatable bonds is 6. The zero-order valence-corrected chi connectivity index (χ0v) is 13.8. The first-order valence-electron chi connectivity index (χ1n) is 6.31. The number of nitro groups is 1. The zero-order chi connectivity index (χ0) is 16.8. The van der Waals surface area contributed by atoms with E-state index >= 15 is 0 Å². The van der Waals surface area contributed by atoms with Crippen molar-refractivity contribution in [2.45, 2.75) is 6.54 Å². The number of hydrogen-bond donors (Lipinski definition) is 2. The summed E-state index contributed by atoms with van der Waals surface area (Å²) in [5.74, 6) is 1.09. The fourth-order valence-electron chi connectivity index (χ4n) is 1.60. The molecule has 4 N–H and O–H groups in total. The molecule has 9 nitrogen and oxygen atoms in total. The highest BCUT2D eigenvalue weighted by Crippen LogP contribution is 2.28. The molecule has 0 saturated carbocycles. The van der Waals surface area contributed by atoms with Crippen LogP contribution in [-0.4, -0.2) is 33.7 Å². The lowest BCUT2D eigenvalue weighted by Gasteiger charge is -1.97. The van der Waals surface area contributed by atoms with Gasteiger partial charge in [-0.3, -0.25) is 15.1 Å². The first kappa shape index (κ1) is 17.0. The van der Waals surface area contributed by atoms with Crippen LogP contribution in [0.4, 0.5) is 5.13 Å². The van der Waals surface area contributed by atoms with Crippen molar-refractivity contribution >= 4 is 39.2 Å². The molecule has 0 aliphatic heterocycles. The number of furan rings is 1. The molecule has 0 saturated heterocycles. The highest BCUT2D eigenvalue weighted by atomic mass is 32.2. The Kier molecular flexibility index (Phi) is 5.71. The Hall–Kier alpha value is -2.40. The first-order chi connectivity index (χ1) is 11.0. The van der Waals surface area contributed by atoms with Crippen molar-refractivity contribution in [3.8, 4) is 11.5 Å². The van der Waals surface area contributed by atoms with Crippen LogP contribution in [0.25, 0.3) is 11.5 Å². The van der Waals surface area contributed by atoms with E-state index in [9.17, 15) is 10.1 Å². The van der Waals surface area contributed by atoms with Gasteiger partial charge in [-0.25, -0.2) is 4.98 Å². The molecular weight excluding hydrogens is 340 g/mol. The van der Waals surface area contributed by atoms with E-state index in [1.807, 2.05) is 0 Å². The molecule has 2 rings (SSSR count). The maximum absolute atomic E-state index is 10.5. The van der Waals surface area contributed by atoms with Crippen LogP contribution in [0.15, 0.2) is 31.9 Å². The lowest BCUT2D eigenvalue weighted by atomic mass is 10.3. The minimum atomic E-state index is -0.413. The summed E-state index contributed by atoms with van der Waals surface area (Å²) < 4.78 is 5.63. The van der Waals surface area contributed by atoms with Crippen molar-refractivity contribution in [1.82, 2.24) is 4.98 Å². The van der Waals surface area contributed by atoms with Gasteiger partial charge in [-0.05, 0) is 18.4 Å². The molecule has 11 heteroatoms. The first-order valence-corrected chi connectivity index (χ1v) is 8.41. The Labute approximate surface area is 139 Å². The number of nitrogens with two attached hydrogens (primary N) is 2. The number of thioether (sulfide) groups is 1. The van der Waals surface area contributed by atoms with E-state index in [2.05, 4.69) is 15.0 Å². The molecule has 0 atom stereocenters. The summed E-state index contributed by atoms with van der Waals surface area (Å²) in [7, 11) is 0. The van der Waals surface area contributed by atoms with Crippen molar-refractivity contribution < 1.29 is 9.34 Å². The average Bonchev–Trinajstić information content (AvgIpc) is 3.11. The Morgan fingerprint density at radius 1 is 1.52 bits per heavy atom. The molecule has 0 aromatic carbocycles. The summed E-state index contributed by atoms with van der Waals surface area (Å²) in [5.41, 5.74) is 11.2. The van der Waals surface area contributed by atoms with Crippen LogP contribution >= 0.6 is 23.1 Å². The molecule has 2 aromatic rings. The van der Waals surface area contributed by atoms with Crippen LogP contribution in [0, 0.1) is 10.1 Å². The maximum atomic E-state index is 10.5. The van der Waals surface area contributed by atoms with Gasteiger partial charge >= 0.3 is 0 Å². The predicted octanol–water partition coefficient (Wildman–Crippen LogP) is 1.85. The summed E-state index contributed by atoms with van der Waals surface area (Å²) in [4.78, 5) is 22.4. The molecule has 0 spiro atoms. The fraction of sp³-hybridized carbons (Fsp3) is 0.250. The van der Waals surface area contributed by atoms with Gasteiger partial charge in [-0.1, -0.05) is 0 Å². The summed E-state index contributed by atoms with van der Waals surface area (Å²) in [6, 6.07) is 3.51. The Morgan fingerprint density at radius 2 is 2.30 bits per heavy atom. The lowest BCUT2D eigenvalue weighted by molar-refractivity contribution is -0.462. The summed E-state index contributed by atoms with van der Waals surface area (Å²) in [6.45, 7) is -0.0579. The van der Waals surface area contributed by atoms with Gasteiger partial charge in [0.1, 0.15) is 16.5 Å².